The zero-order chi connectivity index (χ0) is 14.5. The quantitative estimate of drug-likeness (QED) is 0.925. The number of para-hydroxylation sites is 1. The van der Waals surface area contributed by atoms with E-state index in [1.807, 2.05) is 13.1 Å². The highest BCUT2D eigenvalue weighted by Crippen LogP contribution is 2.36. The Bertz CT molecular complexity index is 452. The summed E-state index contributed by atoms with van der Waals surface area (Å²) in [5.74, 6) is 1.00. The first-order chi connectivity index (χ1) is 10.3. The molecule has 2 heterocycles. The predicted octanol–water partition coefficient (Wildman–Crippen LogP) is 2.51. The molecule has 3 rings (SSSR count). The normalized spacial score (nSPS) is 24.9. The molecule has 1 aromatic rings. The first-order valence-corrected chi connectivity index (χ1v) is 7.92. The van der Waals surface area contributed by atoms with Crippen LogP contribution in [0.3, 0.4) is 0 Å². The SMILES string of the molecule is CNCc1ccccc1OC1CCOC2(CCOCC2)C1. The van der Waals surface area contributed by atoms with Crippen molar-refractivity contribution in [1.82, 2.24) is 5.32 Å². The van der Waals surface area contributed by atoms with Crippen LogP contribution in [-0.2, 0) is 16.0 Å². The van der Waals surface area contributed by atoms with Gasteiger partial charge in [0.2, 0.25) is 0 Å². The summed E-state index contributed by atoms with van der Waals surface area (Å²) in [6.07, 6.45) is 4.17. The predicted molar refractivity (Wildman–Crippen MR) is 81.6 cm³/mol. The second-order valence-corrected chi connectivity index (χ2v) is 6.01. The van der Waals surface area contributed by atoms with E-state index in [-0.39, 0.29) is 11.7 Å². The van der Waals surface area contributed by atoms with Gasteiger partial charge in [0.1, 0.15) is 11.9 Å². The molecule has 0 radical (unpaired) electrons. The highest BCUT2D eigenvalue weighted by molar-refractivity contribution is 5.33. The van der Waals surface area contributed by atoms with Gasteiger partial charge in [0.15, 0.2) is 0 Å². The topological polar surface area (TPSA) is 39.7 Å². The van der Waals surface area contributed by atoms with Crippen LogP contribution in [0, 0.1) is 0 Å². The fraction of sp³-hybridized carbons (Fsp3) is 0.647. The summed E-state index contributed by atoms with van der Waals surface area (Å²) in [5, 5.41) is 3.20. The van der Waals surface area contributed by atoms with Crippen molar-refractivity contribution in [3.63, 3.8) is 0 Å². The standard InChI is InChI=1S/C17H25NO3/c1-18-13-14-4-2-3-5-16(14)21-15-6-9-20-17(12-15)7-10-19-11-8-17/h2-5,15,18H,6-13H2,1H3. The number of nitrogens with one attached hydrogen (secondary N) is 1. The van der Waals surface area contributed by atoms with Crippen molar-refractivity contribution in [3.8, 4) is 5.75 Å². The van der Waals surface area contributed by atoms with Gasteiger partial charge in [-0.3, -0.25) is 0 Å². The number of hydrogen-bond donors (Lipinski definition) is 1. The third-order valence-corrected chi connectivity index (χ3v) is 4.49. The van der Waals surface area contributed by atoms with Gasteiger partial charge in [0.05, 0.1) is 12.2 Å². The van der Waals surface area contributed by atoms with Crippen LogP contribution in [0.4, 0.5) is 0 Å². The maximum atomic E-state index is 6.31. The first-order valence-electron chi connectivity index (χ1n) is 7.92. The summed E-state index contributed by atoms with van der Waals surface area (Å²) in [6, 6.07) is 8.29. The van der Waals surface area contributed by atoms with Gasteiger partial charge in [-0.25, -0.2) is 0 Å². The van der Waals surface area contributed by atoms with E-state index in [0.29, 0.717) is 0 Å². The fourth-order valence-corrected chi connectivity index (χ4v) is 3.31. The van der Waals surface area contributed by atoms with Crippen molar-refractivity contribution >= 4 is 0 Å². The minimum Gasteiger partial charge on any atom is -0.490 e. The Labute approximate surface area is 126 Å². The molecule has 2 aliphatic heterocycles. The van der Waals surface area contributed by atoms with Crippen LogP contribution >= 0.6 is 0 Å². The van der Waals surface area contributed by atoms with Gasteiger partial charge in [-0.05, 0) is 26.0 Å². The van der Waals surface area contributed by atoms with Gasteiger partial charge >= 0.3 is 0 Å². The van der Waals surface area contributed by atoms with Gasteiger partial charge in [-0.1, -0.05) is 18.2 Å². The van der Waals surface area contributed by atoms with E-state index in [2.05, 4.69) is 23.5 Å². The van der Waals surface area contributed by atoms with Crippen LogP contribution in [0.2, 0.25) is 0 Å². The summed E-state index contributed by atoms with van der Waals surface area (Å²) in [7, 11) is 1.96. The Morgan fingerprint density at radius 2 is 2.05 bits per heavy atom. The molecule has 1 aromatic carbocycles. The minimum absolute atomic E-state index is 0.0148. The molecule has 0 aliphatic carbocycles. The summed E-state index contributed by atoms with van der Waals surface area (Å²) in [6.45, 7) is 3.24. The Hall–Kier alpha value is -1.10. The van der Waals surface area contributed by atoms with Gasteiger partial charge in [-0.15, -0.1) is 0 Å². The molecule has 4 heteroatoms. The summed E-state index contributed by atoms with van der Waals surface area (Å²) >= 11 is 0. The lowest BCUT2D eigenvalue weighted by molar-refractivity contribution is -0.155. The molecule has 0 amide bonds. The van der Waals surface area contributed by atoms with Crippen molar-refractivity contribution in [3.05, 3.63) is 29.8 Å². The molecule has 1 unspecified atom stereocenters. The van der Waals surface area contributed by atoms with Crippen LogP contribution in [-0.4, -0.2) is 38.6 Å². The maximum Gasteiger partial charge on any atom is 0.124 e. The highest BCUT2D eigenvalue weighted by atomic mass is 16.5. The van der Waals surface area contributed by atoms with Crippen molar-refractivity contribution in [2.75, 3.05) is 26.9 Å². The van der Waals surface area contributed by atoms with Gasteiger partial charge in [0.25, 0.3) is 0 Å². The summed E-state index contributed by atoms with van der Waals surface area (Å²) < 4.78 is 17.9. The lowest BCUT2D eigenvalue weighted by Gasteiger charge is -2.43. The van der Waals surface area contributed by atoms with Crippen LogP contribution in [0.5, 0.6) is 5.75 Å². The average molecular weight is 291 g/mol. The molecule has 2 aliphatic rings. The zero-order valence-electron chi connectivity index (χ0n) is 12.8. The van der Waals surface area contributed by atoms with Crippen LogP contribution in [0.25, 0.3) is 0 Å². The Kier molecular flexibility index (Phi) is 4.78. The highest BCUT2D eigenvalue weighted by Gasteiger charge is 2.39. The molecule has 0 aromatic heterocycles. The molecule has 2 fully saturated rings. The summed E-state index contributed by atoms with van der Waals surface area (Å²) in [4.78, 5) is 0. The fourth-order valence-electron chi connectivity index (χ4n) is 3.31. The third kappa shape index (κ3) is 3.57. The lowest BCUT2D eigenvalue weighted by Crippen LogP contribution is -2.47. The molecule has 1 atom stereocenters. The number of ether oxygens (including phenoxy) is 3. The second kappa shape index (κ2) is 6.77. The van der Waals surface area contributed by atoms with E-state index in [4.69, 9.17) is 14.2 Å². The van der Waals surface area contributed by atoms with E-state index < -0.39 is 0 Å². The Balaban J connectivity index is 1.67. The summed E-state index contributed by atoms with van der Waals surface area (Å²) in [5.41, 5.74) is 1.20. The number of hydrogen-bond acceptors (Lipinski definition) is 4. The molecule has 0 bridgehead atoms. The van der Waals surface area contributed by atoms with E-state index >= 15 is 0 Å². The van der Waals surface area contributed by atoms with Gasteiger partial charge in [0, 0.05) is 38.2 Å². The van der Waals surface area contributed by atoms with Crippen molar-refractivity contribution in [2.24, 2.45) is 0 Å². The van der Waals surface area contributed by atoms with Gasteiger partial charge < -0.3 is 19.5 Å². The zero-order valence-corrected chi connectivity index (χ0v) is 12.8. The molecule has 21 heavy (non-hydrogen) atoms. The molecule has 1 spiro atoms. The van der Waals surface area contributed by atoms with Crippen LogP contribution in [0.15, 0.2) is 24.3 Å². The molecular weight excluding hydrogens is 266 g/mol. The third-order valence-electron chi connectivity index (χ3n) is 4.49. The van der Waals surface area contributed by atoms with Crippen LogP contribution < -0.4 is 10.1 Å². The van der Waals surface area contributed by atoms with Crippen molar-refractivity contribution in [1.29, 1.82) is 0 Å². The van der Waals surface area contributed by atoms with Gasteiger partial charge in [-0.2, -0.15) is 0 Å². The monoisotopic (exact) mass is 291 g/mol. The Morgan fingerprint density at radius 3 is 2.86 bits per heavy atom. The molecular formula is C17H25NO3. The maximum absolute atomic E-state index is 6.31. The molecule has 0 saturated carbocycles. The second-order valence-electron chi connectivity index (χ2n) is 6.01. The number of benzene rings is 1. The molecule has 4 nitrogen and oxygen atoms in total. The first kappa shape index (κ1) is 14.8. The minimum atomic E-state index is -0.0148. The van der Waals surface area contributed by atoms with E-state index in [0.717, 1.165) is 57.8 Å². The molecule has 1 N–H and O–H groups in total. The smallest absolute Gasteiger partial charge is 0.124 e. The number of rotatable bonds is 4. The Morgan fingerprint density at radius 1 is 1.24 bits per heavy atom. The molecule has 2 saturated heterocycles. The van der Waals surface area contributed by atoms with Crippen LogP contribution in [0.1, 0.15) is 31.2 Å². The largest absolute Gasteiger partial charge is 0.490 e. The van der Waals surface area contributed by atoms with Crippen molar-refractivity contribution in [2.45, 2.75) is 43.9 Å². The lowest BCUT2D eigenvalue weighted by atomic mass is 9.85. The van der Waals surface area contributed by atoms with E-state index in [1.54, 1.807) is 0 Å². The average Bonchev–Trinajstić information content (AvgIpc) is 2.50. The molecule has 116 valence electrons. The van der Waals surface area contributed by atoms with Crippen molar-refractivity contribution < 1.29 is 14.2 Å². The van der Waals surface area contributed by atoms with E-state index in [1.165, 1.54) is 5.56 Å². The van der Waals surface area contributed by atoms with E-state index in [9.17, 15) is 0 Å².